The molecule has 0 aromatic carbocycles. The summed E-state index contributed by atoms with van der Waals surface area (Å²) in [4.78, 5) is 15.9. The van der Waals surface area contributed by atoms with Gasteiger partial charge < -0.3 is 19.9 Å². The highest BCUT2D eigenvalue weighted by atomic mass is 16.6. The van der Waals surface area contributed by atoms with Gasteiger partial charge in [-0.05, 0) is 47.8 Å². The second-order valence-electron chi connectivity index (χ2n) is 6.17. The second-order valence-corrected chi connectivity index (χ2v) is 6.17. The predicted octanol–water partition coefficient (Wildman–Crippen LogP) is 1.15. The van der Waals surface area contributed by atoms with Crippen molar-refractivity contribution in [3.63, 3.8) is 0 Å². The highest BCUT2D eigenvalue weighted by Gasteiger charge is 2.27. The molecule has 18 heavy (non-hydrogen) atoms. The van der Waals surface area contributed by atoms with Crippen LogP contribution in [0.1, 0.15) is 27.2 Å². The summed E-state index contributed by atoms with van der Waals surface area (Å²) >= 11 is 0. The molecule has 1 amide bonds. The Morgan fingerprint density at radius 2 is 2.11 bits per heavy atom. The van der Waals surface area contributed by atoms with Crippen LogP contribution in [0.4, 0.5) is 4.79 Å². The topological polar surface area (TPSA) is 44.8 Å². The number of ether oxygens (including phenoxy) is 1. The van der Waals surface area contributed by atoms with Gasteiger partial charge in [-0.1, -0.05) is 0 Å². The fraction of sp³-hybridized carbons (Fsp3) is 0.923. The zero-order valence-electron chi connectivity index (χ0n) is 12.3. The van der Waals surface area contributed by atoms with Gasteiger partial charge >= 0.3 is 6.09 Å². The van der Waals surface area contributed by atoms with Crippen molar-refractivity contribution in [2.75, 3.05) is 40.3 Å². The molecule has 0 radical (unpaired) electrons. The third kappa shape index (κ3) is 5.69. The number of carbonyl (C=O) groups is 1. The Labute approximate surface area is 110 Å². The molecule has 1 heterocycles. The van der Waals surface area contributed by atoms with E-state index in [-0.39, 0.29) is 6.09 Å². The fourth-order valence-electron chi connectivity index (χ4n) is 1.93. The van der Waals surface area contributed by atoms with Crippen molar-refractivity contribution in [3.8, 4) is 0 Å². The van der Waals surface area contributed by atoms with Gasteiger partial charge in [-0.25, -0.2) is 4.79 Å². The third-order valence-corrected chi connectivity index (χ3v) is 2.83. The quantitative estimate of drug-likeness (QED) is 0.824. The summed E-state index contributed by atoms with van der Waals surface area (Å²) in [6, 6.07) is 0.369. The van der Waals surface area contributed by atoms with Gasteiger partial charge in [-0.2, -0.15) is 0 Å². The number of piperazine rings is 1. The normalized spacial score (nSPS) is 21.2. The van der Waals surface area contributed by atoms with E-state index in [1.54, 1.807) is 0 Å². The number of nitrogens with zero attached hydrogens (tertiary/aromatic N) is 2. The first-order valence-electron chi connectivity index (χ1n) is 6.64. The lowest BCUT2D eigenvalue weighted by Crippen LogP contribution is -2.54. The Bertz CT molecular complexity index is 274. The number of amides is 1. The van der Waals surface area contributed by atoms with Crippen LogP contribution < -0.4 is 5.32 Å². The fourth-order valence-corrected chi connectivity index (χ4v) is 1.93. The van der Waals surface area contributed by atoms with Gasteiger partial charge in [0, 0.05) is 25.7 Å². The molecule has 0 aromatic heterocycles. The van der Waals surface area contributed by atoms with E-state index in [1.165, 1.54) is 0 Å². The Hall–Kier alpha value is -0.810. The smallest absolute Gasteiger partial charge is 0.410 e. The average molecular weight is 257 g/mol. The van der Waals surface area contributed by atoms with Crippen LogP contribution in [0.25, 0.3) is 0 Å². The van der Waals surface area contributed by atoms with Crippen LogP contribution >= 0.6 is 0 Å². The van der Waals surface area contributed by atoms with Crippen molar-refractivity contribution in [1.82, 2.24) is 15.1 Å². The maximum absolute atomic E-state index is 12.0. The van der Waals surface area contributed by atoms with E-state index in [0.29, 0.717) is 6.04 Å². The Kier molecular flexibility index (Phi) is 5.41. The first-order valence-corrected chi connectivity index (χ1v) is 6.64. The lowest BCUT2D eigenvalue weighted by molar-refractivity contribution is 0.0191. The zero-order chi connectivity index (χ0) is 13.8. The van der Waals surface area contributed by atoms with E-state index in [0.717, 1.165) is 32.6 Å². The Morgan fingerprint density at radius 3 is 2.67 bits per heavy atom. The first-order chi connectivity index (χ1) is 8.28. The minimum atomic E-state index is -0.416. The molecule has 1 atom stereocenters. The van der Waals surface area contributed by atoms with Crippen LogP contribution in [0.15, 0.2) is 0 Å². The molecule has 0 saturated carbocycles. The minimum absolute atomic E-state index is 0.196. The van der Waals surface area contributed by atoms with Crippen LogP contribution in [-0.4, -0.2) is 67.8 Å². The summed E-state index contributed by atoms with van der Waals surface area (Å²) in [6.07, 6.45) is 0.852. The number of carbonyl (C=O) groups excluding carboxylic acids is 1. The van der Waals surface area contributed by atoms with Crippen molar-refractivity contribution in [2.45, 2.75) is 38.8 Å². The van der Waals surface area contributed by atoms with Gasteiger partial charge in [0.25, 0.3) is 0 Å². The van der Waals surface area contributed by atoms with E-state index in [9.17, 15) is 4.79 Å². The molecule has 1 N–H and O–H groups in total. The Balaban J connectivity index is 2.40. The minimum Gasteiger partial charge on any atom is -0.444 e. The summed E-state index contributed by atoms with van der Waals surface area (Å²) in [5.41, 5.74) is -0.416. The van der Waals surface area contributed by atoms with Gasteiger partial charge in [0.2, 0.25) is 0 Å². The molecule has 5 nitrogen and oxygen atoms in total. The highest BCUT2D eigenvalue weighted by Crippen LogP contribution is 2.12. The number of nitrogens with one attached hydrogen (secondary N) is 1. The van der Waals surface area contributed by atoms with Crippen LogP contribution in [0, 0.1) is 0 Å². The van der Waals surface area contributed by atoms with Gasteiger partial charge in [-0.15, -0.1) is 0 Å². The highest BCUT2D eigenvalue weighted by molar-refractivity contribution is 5.68. The molecule has 1 saturated heterocycles. The molecule has 1 aliphatic heterocycles. The van der Waals surface area contributed by atoms with Crippen molar-refractivity contribution in [2.24, 2.45) is 0 Å². The van der Waals surface area contributed by atoms with Gasteiger partial charge in [-0.3, -0.25) is 0 Å². The van der Waals surface area contributed by atoms with Gasteiger partial charge in [0.15, 0.2) is 0 Å². The van der Waals surface area contributed by atoms with Crippen LogP contribution in [0.3, 0.4) is 0 Å². The predicted molar refractivity (Wildman–Crippen MR) is 72.8 cm³/mol. The molecular formula is C13H27N3O2. The number of rotatable bonds is 3. The second kappa shape index (κ2) is 6.38. The van der Waals surface area contributed by atoms with Crippen molar-refractivity contribution < 1.29 is 9.53 Å². The molecule has 106 valence electrons. The van der Waals surface area contributed by atoms with E-state index in [4.69, 9.17) is 4.74 Å². The molecule has 1 aliphatic rings. The standard InChI is InChI=1S/C13H27N3O2/c1-13(2,3)18-12(17)16-9-7-14-11(10-16)6-8-15(4)5/h11,14H,6-10H2,1-5H3. The third-order valence-electron chi connectivity index (χ3n) is 2.83. The van der Waals surface area contributed by atoms with E-state index >= 15 is 0 Å². The lowest BCUT2D eigenvalue weighted by Gasteiger charge is -2.35. The Morgan fingerprint density at radius 1 is 1.44 bits per heavy atom. The molecule has 0 bridgehead atoms. The van der Waals surface area contributed by atoms with Crippen LogP contribution in [0.2, 0.25) is 0 Å². The van der Waals surface area contributed by atoms with Crippen LogP contribution in [-0.2, 0) is 4.74 Å². The molecule has 1 fully saturated rings. The summed E-state index contributed by atoms with van der Waals surface area (Å²) in [5, 5.41) is 3.45. The van der Waals surface area contributed by atoms with Gasteiger partial charge in [0.1, 0.15) is 5.60 Å². The molecule has 1 unspecified atom stereocenters. The van der Waals surface area contributed by atoms with E-state index < -0.39 is 5.60 Å². The van der Waals surface area contributed by atoms with Crippen molar-refractivity contribution in [3.05, 3.63) is 0 Å². The molecule has 5 heteroatoms. The zero-order valence-corrected chi connectivity index (χ0v) is 12.3. The first kappa shape index (κ1) is 15.2. The summed E-state index contributed by atoms with van der Waals surface area (Å²) < 4.78 is 5.40. The lowest BCUT2D eigenvalue weighted by atomic mass is 10.1. The van der Waals surface area contributed by atoms with Crippen molar-refractivity contribution >= 4 is 6.09 Å². The molecule has 0 spiro atoms. The summed E-state index contributed by atoms with van der Waals surface area (Å²) in [7, 11) is 4.13. The molecule has 0 aromatic rings. The van der Waals surface area contributed by atoms with Crippen molar-refractivity contribution in [1.29, 1.82) is 0 Å². The number of hydrogen-bond donors (Lipinski definition) is 1. The monoisotopic (exact) mass is 257 g/mol. The number of hydrogen-bond acceptors (Lipinski definition) is 4. The summed E-state index contributed by atoms with van der Waals surface area (Å²) in [5.74, 6) is 0. The molecular weight excluding hydrogens is 230 g/mol. The average Bonchev–Trinajstić information content (AvgIpc) is 2.24. The maximum atomic E-state index is 12.0. The molecule has 0 aliphatic carbocycles. The maximum Gasteiger partial charge on any atom is 0.410 e. The van der Waals surface area contributed by atoms with E-state index in [2.05, 4.69) is 24.3 Å². The molecule has 1 rings (SSSR count). The summed E-state index contributed by atoms with van der Waals surface area (Å²) in [6.45, 7) is 9.04. The SMILES string of the molecule is CN(C)CCC1CN(C(=O)OC(C)(C)C)CCN1. The van der Waals surface area contributed by atoms with Gasteiger partial charge in [0.05, 0.1) is 0 Å². The van der Waals surface area contributed by atoms with Crippen LogP contribution in [0.5, 0.6) is 0 Å². The largest absolute Gasteiger partial charge is 0.444 e. The van der Waals surface area contributed by atoms with E-state index in [1.807, 2.05) is 25.7 Å².